The van der Waals surface area contributed by atoms with Gasteiger partial charge in [0.25, 0.3) is 0 Å². The molecule has 0 bridgehead atoms. The predicted octanol–water partition coefficient (Wildman–Crippen LogP) is 2.91. The molecule has 1 N–H and O–H groups in total. The van der Waals surface area contributed by atoms with Crippen molar-refractivity contribution in [2.75, 3.05) is 31.5 Å². The minimum Gasteiger partial charge on any atom is -0.468 e. The fourth-order valence-electron chi connectivity index (χ4n) is 2.54. The normalized spacial score (nSPS) is 15.7. The lowest BCUT2D eigenvalue weighted by molar-refractivity contribution is 0.137. The number of nitrogens with one attached hydrogen (secondary N) is 1. The van der Waals surface area contributed by atoms with E-state index in [0.717, 1.165) is 17.9 Å². The van der Waals surface area contributed by atoms with E-state index in [1.165, 1.54) is 6.07 Å². The lowest BCUT2D eigenvalue weighted by atomic mass is 10.3. The maximum absolute atomic E-state index is 13.6. The molecule has 1 aliphatic rings. The molecule has 0 unspecified atom stereocenters. The van der Waals surface area contributed by atoms with Gasteiger partial charge in [0, 0.05) is 26.2 Å². The Bertz CT molecular complexity index is 648. The predicted molar refractivity (Wildman–Crippen MR) is 80.9 cm³/mol. The lowest BCUT2D eigenvalue weighted by Gasteiger charge is -2.34. The topological polar surface area (TPSA) is 48.7 Å². The van der Waals surface area contributed by atoms with Gasteiger partial charge < -0.3 is 14.6 Å². The summed E-state index contributed by atoms with van der Waals surface area (Å²) >= 11 is 0. The second-order valence-electron chi connectivity index (χ2n) is 5.37. The van der Waals surface area contributed by atoms with Gasteiger partial charge >= 0.3 is 6.03 Å². The molecule has 2 amide bonds. The van der Waals surface area contributed by atoms with Gasteiger partial charge in [0.1, 0.15) is 23.1 Å². The quantitative estimate of drug-likeness (QED) is 0.945. The highest BCUT2D eigenvalue weighted by atomic mass is 19.1. The fourth-order valence-corrected chi connectivity index (χ4v) is 2.54. The molecule has 3 rings (SSSR count). The van der Waals surface area contributed by atoms with Crippen LogP contribution in [0.5, 0.6) is 0 Å². The second-order valence-corrected chi connectivity index (χ2v) is 5.37. The van der Waals surface area contributed by atoms with E-state index in [4.69, 9.17) is 4.42 Å². The number of carbonyl (C=O) groups excluding carboxylic acids is 1. The number of hydrogen-bond donors (Lipinski definition) is 1. The standard InChI is InChI=1S/C16H17F2N3O2/c17-13-4-1-5-14(18)15(13)19-16(22)21-8-6-20(7-9-21)11-12-3-2-10-23-12/h1-5,10H,6-9,11H2,(H,19,22). The number of halogens is 2. The van der Waals surface area contributed by atoms with Crippen molar-refractivity contribution >= 4 is 11.7 Å². The highest BCUT2D eigenvalue weighted by molar-refractivity contribution is 5.89. The second kappa shape index (κ2) is 6.78. The summed E-state index contributed by atoms with van der Waals surface area (Å²) in [6.07, 6.45) is 1.63. The van der Waals surface area contributed by atoms with Crippen LogP contribution in [-0.2, 0) is 6.54 Å². The summed E-state index contributed by atoms with van der Waals surface area (Å²) in [5.41, 5.74) is -0.407. The number of carbonyl (C=O) groups is 1. The molecular formula is C16H17F2N3O2. The highest BCUT2D eigenvalue weighted by Crippen LogP contribution is 2.19. The molecule has 0 radical (unpaired) electrons. The van der Waals surface area contributed by atoms with Gasteiger partial charge in [-0.05, 0) is 24.3 Å². The number of nitrogens with zero attached hydrogens (tertiary/aromatic N) is 2. The van der Waals surface area contributed by atoms with E-state index >= 15 is 0 Å². The third-order valence-corrected chi connectivity index (χ3v) is 3.81. The minimum atomic E-state index is -0.783. The van der Waals surface area contributed by atoms with Crippen molar-refractivity contribution in [2.45, 2.75) is 6.54 Å². The summed E-state index contributed by atoms with van der Waals surface area (Å²) in [6, 6.07) is 6.72. The molecule has 2 aromatic rings. The Morgan fingerprint density at radius 3 is 2.39 bits per heavy atom. The zero-order valence-corrected chi connectivity index (χ0v) is 12.5. The van der Waals surface area contributed by atoms with Gasteiger partial charge in [-0.25, -0.2) is 13.6 Å². The first-order valence-corrected chi connectivity index (χ1v) is 7.38. The van der Waals surface area contributed by atoms with Gasteiger partial charge in [-0.2, -0.15) is 0 Å². The molecule has 1 aliphatic heterocycles. The van der Waals surface area contributed by atoms with Crippen molar-refractivity contribution in [2.24, 2.45) is 0 Å². The summed E-state index contributed by atoms with van der Waals surface area (Å²) < 4.78 is 32.4. The molecule has 5 nitrogen and oxygen atoms in total. The summed E-state index contributed by atoms with van der Waals surface area (Å²) in [5.74, 6) is -0.694. The SMILES string of the molecule is O=C(Nc1c(F)cccc1F)N1CCN(Cc2ccco2)CC1. The molecule has 1 aromatic carbocycles. The van der Waals surface area contributed by atoms with Crippen LogP contribution in [0.1, 0.15) is 5.76 Å². The summed E-state index contributed by atoms with van der Waals surface area (Å²) in [4.78, 5) is 15.8. The van der Waals surface area contributed by atoms with Crippen LogP contribution in [0.15, 0.2) is 41.0 Å². The van der Waals surface area contributed by atoms with Crippen LogP contribution >= 0.6 is 0 Å². The van der Waals surface area contributed by atoms with Crippen molar-refractivity contribution in [1.82, 2.24) is 9.80 Å². The molecule has 23 heavy (non-hydrogen) atoms. The molecule has 7 heteroatoms. The Kier molecular flexibility index (Phi) is 4.57. The zero-order valence-electron chi connectivity index (χ0n) is 12.5. The van der Waals surface area contributed by atoms with Crippen molar-refractivity contribution in [1.29, 1.82) is 0 Å². The van der Waals surface area contributed by atoms with Gasteiger partial charge in [-0.1, -0.05) is 6.07 Å². The first-order valence-electron chi connectivity index (χ1n) is 7.38. The van der Waals surface area contributed by atoms with Crippen LogP contribution in [0.25, 0.3) is 0 Å². The fraction of sp³-hybridized carbons (Fsp3) is 0.312. The van der Waals surface area contributed by atoms with Crippen LogP contribution in [0.4, 0.5) is 19.3 Å². The zero-order chi connectivity index (χ0) is 16.2. The number of urea groups is 1. The maximum Gasteiger partial charge on any atom is 0.322 e. The number of rotatable bonds is 3. The number of benzene rings is 1. The van der Waals surface area contributed by atoms with Crippen LogP contribution in [0.2, 0.25) is 0 Å². The molecule has 0 atom stereocenters. The van der Waals surface area contributed by atoms with Gasteiger partial charge in [-0.3, -0.25) is 4.90 Å². The minimum absolute atomic E-state index is 0.407. The third-order valence-electron chi connectivity index (χ3n) is 3.81. The molecule has 0 aliphatic carbocycles. The maximum atomic E-state index is 13.6. The average molecular weight is 321 g/mol. The van der Waals surface area contributed by atoms with Crippen molar-refractivity contribution in [3.8, 4) is 0 Å². The van der Waals surface area contributed by atoms with Crippen LogP contribution in [0, 0.1) is 11.6 Å². The number of anilines is 1. The first kappa shape index (κ1) is 15.5. The Hall–Kier alpha value is -2.41. The number of piperazine rings is 1. The van der Waals surface area contributed by atoms with E-state index in [-0.39, 0.29) is 0 Å². The van der Waals surface area contributed by atoms with Crippen LogP contribution < -0.4 is 5.32 Å². The van der Waals surface area contributed by atoms with Crippen molar-refractivity contribution < 1.29 is 18.0 Å². The van der Waals surface area contributed by atoms with Crippen LogP contribution in [-0.4, -0.2) is 42.0 Å². The number of hydrogen-bond acceptors (Lipinski definition) is 3. The molecule has 2 heterocycles. The van der Waals surface area contributed by atoms with Gasteiger partial charge in [0.15, 0.2) is 0 Å². The van der Waals surface area contributed by atoms with E-state index in [0.29, 0.717) is 32.7 Å². The summed E-state index contributed by atoms with van der Waals surface area (Å²) in [6.45, 7) is 3.01. The Balaban J connectivity index is 1.54. The van der Waals surface area contributed by atoms with Gasteiger partial charge in [0.2, 0.25) is 0 Å². The Morgan fingerprint density at radius 1 is 1.09 bits per heavy atom. The number of amides is 2. The van der Waals surface area contributed by atoms with Crippen molar-refractivity contribution in [3.05, 3.63) is 54.0 Å². The smallest absolute Gasteiger partial charge is 0.322 e. The van der Waals surface area contributed by atoms with E-state index in [9.17, 15) is 13.6 Å². The molecule has 122 valence electrons. The van der Waals surface area contributed by atoms with E-state index in [1.807, 2.05) is 12.1 Å². The largest absolute Gasteiger partial charge is 0.468 e. The van der Waals surface area contributed by atoms with E-state index < -0.39 is 23.4 Å². The first-order chi connectivity index (χ1) is 11.1. The van der Waals surface area contributed by atoms with Crippen molar-refractivity contribution in [3.63, 3.8) is 0 Å². The Labute approximate surface area is 132 Å². The average Bonchev–Trinajstić information content (AvgIpc) is 3.04. The highest BCUT2D eigenvalue weighted by Gasteiger charge is 2.23. The lowest BCUT2D eigenvalue weighted by Crippen LogP contribution is -2.49. The van der Waals surface area contributed by atoms with E-state index in [2.05, 4.69) is 10.2 Å². The summed E-state index contributed by atoms with van der Waals surface area (Å²) in [7, 11) is 0. The molecular weight excluding hydrogens is 304 g/mol. The number of para-hydroxylation sites is 1. The monoisotopic (exact) mass is 321 g/mol. The molecule has 1 saturated heterocycles. The van der Waals surface area contributed by atoms with Gasteiger partial charge in [0.05, 0.1) is 12.8 Å². The molecule has 1 aromatic heterocycles. The van der Waals surface area contributed by atoms with Gasteiger partial charge in [-0.15, -0.1) is 0 Å². The molecule has 1 fully saturated rings. The molecule has 0 saturated carbocycles. The molecule has 0 spiro atoms. The summed E-state index contributed by atoms with van der Waals surface area (Å²) in [5, 5.41) is 2.31. The van der Waals surface area contributed by atoms with Crippen LogP contribution in [0.3, 0.4) is 0 Å². The van der Waals surface area contributed by atoms with E-state index in [1.54, 1.807) is 11.2 Å². The third kappa shape index (κ3) is 3.68. The Morgan fingerprint density at radius 2 is 1.78 bits per heavy atom. The number of furan rings is 1.